The van der Waals surface area contributed by atoms with Crippen LogP contribution in [0.25, 0.3) is 0 Å². The second-order valence-corrected chi connectivity index (χ2v) is 5.78. The van der Waals surface area contributed by atoms with E-state index in [0.717, 1.165) is 25.8 Å². The normalized spacial score (nSPS) is 45.0. The SMILES string of the molecule is CC(C)(C)NCC12CC(F)(C1)C2. The van der Waals surface area contributed by atoms with E-state index in [0.29, 0.717) is 5.41 Å². The molecular weight excluding hydrogens is 153 g/mol. The number of hydrogen-bond acceptors (Lipinski definition) is 1. The van der Waals surface area contributed by atoms with Crippen LogP contribution in [0.3, 0.4) is 0 Å². The second-order valence-electron chi connectivity index (χ2n) is 5.78. The highest BCUT2D eigenvalue weighted by molar-refractivity contribution is 5.19. The van der Waals surface area contributed by atoms with E-state index in [1.54, 1.807) is 0 Å². The smallest absolute Gasteiger partial charge is 0.112 e. The molecule has 0 spiro atoms. The predicted molar refractivity (Wildman–Crippen MR) is 47.9 cm³/mol. The van der Waals surface area contributed by atoms with Gasteiger partial charge in [0.25, 0.3) is 0 Å². The standard InChI is InChI=1S/C10H18FN/c1-8(2,3)12-7-9-4-10(11,5-9)6-9/h12H,4-7H2,1-3H3. The van der Waals surface area contributed by atoms with Crippen molar-refractivity contribution in [1.29, 1.82) is 0 Å². The molecule has 3 fully saturated rings. The molecule has 2 bridgehead atoms. The van der Waals surface area contributed by atoms with Crippen LogP contribution in [0.4, 0.5) is 4.39 Å². The van der Waals surface area contributed by atoms with Crippen LogP contribution in [0, 0.1) is 5.41 Å². The van der Waals surface area contributed by atoms with Gasteiger partial charge in [-0.2, -0.15) is 0 Å². The predicted octanol–water partition coefficient (Wildman–Crippen LogP) is 2.27. The van der Waals surface area contributed by atoms with Gasteiger partial charge in [0.2, 0.25) is 0 Å². The minimum Gasteiger partial charge on any atom is -0.312 e. The monoisotopic (exact) mass is 171 g/mol. The van der Waals surface area contributed by atoms with E-state index in [-0.39, 0.29) is 5.54 Å². The lowest BCUT2D eigenvalue weighted by atomic mass is 9.42. The van der Waals surface area contributed by atoms with Crippen LogP contribution in [-0.2, 0) is 0 Å². The molecular formula is C10H18FN. The summed E-state index contributed by atoms with van der Waals surface area (Å²) in [4.78, 5) is 0. The van der Waals surface area contributed by atoms with Gasteiger partial charge in [0, 0.05) is 12.1 Å². The Labute approximate surface area is 73.7 Å². The van der Waals surface area contributed by atoms with Crippen LogP contribution in [0.5, 0.6) is 0 Å². The van der Waals surface area contributed by atoms with E-state index in [1.165, 1.54) is 0 Å². The molecule has 0 aromatic heterocycles. The number of alkyl halides is 1. The molecule has 12 heavy (non-hydrogen) atoms. The van der Waals surface area contributed by atoms with Crippen molar-refractivity contribution in [2.75, 3.05) is 6.54 Å². The van der Waals surface area contributed by atoms with Crippen molar-refractivity contribution < 1.29 is 4.39 Å². The third kappa shape index (κ3) is 1.26. The molecule has 0 amide bonds. The van der Waals surface area contributed by atoms with Crippen molar-refractivity contribution in [1.82, 2.24) is 5.32 Å². The Balaban J connectivity index is 1.77. The Morgan fingerprint density at radius 2 is 1.75 bits per heavy atom. The van der Waals surface area contributed by atoms with Gasteiger partial charge in [0.05, 0.1) is 0 Å². The highest BCUT2D eigenvalue weighted by Gasteiger charge is 2.68. The average Bonchev–Trinajstić information content (AvgIpc) is 1.73. The quantitative estimate of drug-likeness (QED) is 0.672. The molecule has 3 aliphatic rings. The van der Waals surface area contributed by atoms with Crippen molar-refractivity contribution in [3.8, 4) is 0 Å². The first-order valence-corrected chi connectivity index (χ1v) is 4.77. The Morgan fingerprint density at radius 1 is 1.25 bits per heavy atom. The van der Waals surface area contributed by atoms with Crippen LogP contribution in [0.2, 0.25) is 0 Å². The highest BCUT2D eigenvalue weighted by atomic mass is 19.1. The average molecular weight is 171 g/mol. The van der Waals surface area contributed by atoms with E-state index in [2.05, 4.69) is 26.1 Å². The molecule has 3 saturated carbocycles. The topological polar surface area (TPSA) is 12.0 Å². The van der Waals surface area contributed by atoms with Crippen LogP contribution < -0.4 is 5.32 Å². The maximum Gasteiger partial charge on any atom is 0.112 e. The minimum absolute atomic E-state index is 0.179. The fourth-order valence-corrected chi connectivity index (χ4v) is 2.50. The Hall–Kier alpha value is -0.110. The Kier molecular flexibility index (Phi) is 1.44. The van der Waals surface area contributed by atoms with Gasteiger partial charge in [-0.25, -0.2) is 4.39 Å². The molecule has 0 aromatic carbocycles. The zero-order valence-corrected chi connectivity index (χ0v) is 8.21. The van der Waals surface area contributed by atoms with Crippen molar-refractivity contribution in [2.45, 2.75) is 51.2 Å². The molecule has 0 heterocycles. The first kappa shape index (κ1) is 8.49. The molecule has 0 saturated heterocycles. The van der Waals surface area contributed by atoms with Crippen LogP contribution in [0.1, 0.15) is 40.0 Å². The lowest BCUT2D eigenvalue weighted by Gasteiger charge is -2.66. The largest absolute Gasteiger partial charge is 0.312 e. The van der Waals surface area contributed by atoms with E-state index in [4.69, 9.17) is 0 Å². The highest BCUT2D eigenvalue weighted by Crippen LogP contribution is 2.69. The number of nitrogens with one attached hydrogen (secondary N) is 1. The maximum atomic E-state index is 13.1. The molecule has 0 aliphatic heterocycles. The summed E-state index contributed by atoms with van der Waals surface area (Å²) in [6.45, 7) is 7.47. The van der Waals surface area contributed by atoms with Crippen LogP contribution in [-0.4, -0.2) is 17.8 Å². The molecule has 70 valence electrons. The van der Waals surface area contributed by atoms with Crippen molar-refractivity contribution >= 4 is 0 Å². The first-order chi connectivity index (χ1) is 5.33. The molecule has 3 aliphatic carbocycles. The van der Waals surface area contributed by atoms with Gasteiger partial charge in [-0.05, 0) is 45.4 Å². The Bertz CT molecular complexity index is 185. The summed E-state index contributed by atoms with van der Waals surface area (Å²) in [6.07, 6.45) is 2.43. The van der Waals surface area contributed by atoms with Gasteiger partial charge < -0.3 is 5.32 Å². The van der Waals surface area contributed by atoms with Gasteiger partial charge in [-0.1, -0.05) is 0 Å². The number of halogens is 1. The molecule has 0 atom stereocenters. The molecule has 0 radical (unpaired) electrons. The number of rotatable bonds is 2. The van der Waals surface area contributed by atoms with E-state index in [9.17, 15) is 4.39 Å². The summed E-state index contributed by atoms with van der Waals surface area (Å²) in [5, 5.41) is 3.45. The van der Waals surface area contributed by atoms with Gasteiger partial charge in [0.15, 0.2) is 0 Å². The zero-order valence-electron chi connectivity index (χ0n) is 8.21. The fraction of sp³-hybridized carbons (Fsp3) is 1.00. The summed E-state index contributed by atoms with van der Waals surface area (Å²) in [6, 6.07) is 0. The molecule has 0 unspecified atom stereocenters. The van der Waals surface area contributed by atoms with Crippen LogP contribution in [0.15, 0.2) is 0 Å². The summed E-state index contributed by atoms with van der Waals surface area (Å²) >= 11 is 0. The van der Waals surface area contributed by atoms with Crippen molar-refractivity contribution in [3.05, 3.63) is 0 Å². The summed E-state index contributed by atoms with van der Waals surface area (Å²) in [7, 11) is 0. The van der Waals surface area contributed by atoms with Gasteiger partial charge >= 0.3 is 0 Å². The second kappa shape index (κ2) is 2.03. The Morgan fingerprint density at radius 3 is 2.08 bits per heavy atom. The molecule has 0 aromatic rings. The minimum atomic E-state index is -0.737. The lowest BCUT2D eigenvalue weighted by molar-refractivity contribution is -0.211. The maximum absolute atomic E-state index is 13.1. The first-order valence-electron chi connectivity index (χ1n) is 4.77. The van der Waals surface area contributed by atoms with Crippen LogP contribution >= 0.6 is 0 Å². The lowest BCUT2D eigenvalue weighted by Crippen LogP contribution is -2.68. The van der Waals surface area contributed by atoms with Gasteiger partial charge in [0.1, 0.15) is 5.67 Å². The third-order valence-electron chi connectivity index (χ3n) is 3.07. The van der Waals surface area contributed by atoms with E-state index < -0.39 is 5.67 Å². The molecule has 1 N–H and O–H groups in total. The zero-order chi connectivity index (χ0) is 9.04. The van der Waals surface area contributed by atoms with Crippen molar-refractivity contribution in [2.24, 2.45) is 5.41 Å². The third-order valence-corrected chi connectivity index (χ3v) is 3.07. The van der Waals surface area contributed by atoms with E-state index in [1.807, 2.05) is 0 Å². The molecule has 1 nitrogen and oxygen atoms in total. The summed E-state index contributed by atoms with van der Waals surface area (Å²) < 4.78 is 13.1. The summed E-state index contributed by atoms with van der Waals surface area (Å²) in [5.74, 6) is 0. The number of hydrogen-bond donors (Lipinski definition) is 1. The van der Waals surface area contributed by atoms with Gasteiger partial charge in [-0.3, -0.25) is 0 Å². The summed E-state index contributed by atoms with van der Waals surface area (Å²) in [5.41, 5.74) is -0.208. The molecule has 2 heteroatoms. The van der Waals surface area contributed by atoms with Gasteiger partial charge in [-0.15, -0.1) is 0 Å². The fourth-order valence-electron chi connectivity index (χ4n) is 2.50. The molecule has 3 rings (SSSR count). The van der Waals surface area contributed by atoms with E-state index >= 15 is 0 Å². The van der Waals surface area contributed by atoms with Crippen molar-refractivity contribution in [3.63, 3.8) is 0 Å².